The summed E-state index contributed by atoms with van der Waals surface area (Å²) in [5.74, 6) is 0. The van der Waals surface area contributed by atoms with Gasteiger partial charge in [-0.2, -0.15) is 0 Å². The van der Waals surface area contributed by atoms with Gasteiger partial charge < -0.3 is 4.90 Å². The van der Waals surface area contributed by atoms with Crippen LogP contribution in [0, 0.1) is 0 Å². The van der Waals surface area contributed by atoms with Crippen LogP contribution in [0.25, 0.3) is 6.08 Å². The maximum atomic E-state index is 3.77. The normalized spacial score (nSPS) is 9.58. The van der Waals surface area contributed by atoms with Gasteiger partial charge in [0.2, 0.25) is 0 Å². The quantitative estimate of drug-likeness (QED) is 0.748. The lowest BCUT2D eigenvalue weighted by molar-refractivity contribution is 1.13. The van der Waals surface area contributed by atoms with Crippen LogP contribution < -0.4 is 4.90 Å². The highest BCUT2D eigenvalue weighted by Crippen LogP contribution is 2.23. The SMILES string of the molecule is C=Cc1cc(Br)ccc1N(C)C. The Kier molecular flexibility index (Phi) is 2.93. The fourth-order valence-corrected chi connectivity index (χ4v) is 1.47. The molecule has 0 saturated heterocycles. The second-order valence-electron chi connectivity index (χ2n) is 2.80. The minimum Gasteiger partial charge on any atom is -0.377 e. The van der Waals surface area contributed by atoms with Gasteiger partial charge in [-0.05, 0) is 23.8 Å². The predicted molar refractivity (Wildman–Crippen MR) is 58.6 cm³/mol. The summed E-state index contributed by atoms with van der Waals surface area (Å²) < 4.78 is 1.09. The van der Waals surface area contributed by atoms with E-state index in [1.54, 1.807) is 0 Å². The summed E-state index contributed by atoms with van der Waals surface area (Å²) >= 11 is 3.42. The van der Waals surface area contributed by atoms with Crippen LogP contribution in [0.2, 0.25) is 0 Å². The van der Waals surface area contributed by atoms with E-state index in [0.29, 0.717) is 0 Å². The van der Waals surface area contributed by atoms with Crippen molar-refractivity contribution in [3.63, 3.8) is 0 Å². The van der Waals surface area contributed by atoms with E-state index in [9.17, 15) is 0 Å². The summed E-state index contributed by atoms with van der Waals surface area (Å²) in [4.78, 5) is 2.07. The van der Waals surface area contributed by atoms with Gasteiger partial charge in [-0.15, -0.1) is 0 Å². The summed E-state index contributed by atoms with van der Waals surface area (Å²) in [5.41, 5.74) is 2.34. The van der Waals surface area contributed by atoms with Gasteiger partial charge >= 0.3 is 0 Å². The molecule has 0 unspecified atom stereocenters. The predicted octanol–water partition coefficient (Wildman–Crippen LogP) is 3.16. The Hall–Kier alpha value is -0.760. The van der Waals surface area contributed by atoms with Gasteiger partial charge in [0, 0.05) is 24.3 Å². The lowest BCUT2D eigenvalue weighted by Crippen LogP contribution is -2.09. The Bertz CT molecular complexity index is 292. The highest BCUT2D eigenvalue weighted by Gasteiger charge is 2.00. The molecule has 0 aliphatic carbocycles. The van der Waals surface area contributed by atoms with Gasteiger partial charge in [-0.3, -0.25) is 0 Å². The molecule has 0 aliphatic heterocycles. The zero-order valence-corrected chi connectivity index (χ0v) is 8.93. The molecule has 1 rings (SSSR count). The van der Waals surface area contributed by atoms with Crippen molar-refractivity contribution in [3.05, 3.63) is 34.8 Å². The maximum absolute atomic E-state index is 3.77. The van der Waals surface area contributed by atoms with E-state index in [0.717, 1.165) is 10.0 Å². The van der Waals surface area contributed by atoms with E-state index in [-0.39, 0.29) is 0 Å². The highest BCUT2D eigenvalue weighted by molar-refractivity contribution is 9.10. The number of hydrogen-bond acceptors (Lipinski definition) is 1. The van der Waals surface area contributed by atoms with E-state index in [4.69, 9.17) is 0 Å². The smallest absolute Gasteiger partial charge is 0.0435 e. The van der Waals surface area contributed by atoms with Crippen molar-refractivity contribution in [2.24, 2.45) is 0 Å². The largest absolute Gasteiger partial charge is 0.377 e. The third-order valence-electron chi connectivity index (χ3n) is 1.69. The average Bonchev–Trinajstić information content (AvgIpc) is 2.03. The van der Waals surface area contributed by atoms with Gasteiger partial charge in [-0.1, -0.05) is 28.6 Å². The summed E-state index contributed by atoms with van der Waals surface area (Å²) in [6, 6.07) is 6.16. The van der Waals surface area contributed by atoms with Crippen LogP contribution in [0.15, 0.2) is 29.3 Å². The van der Waals surface area contributed by atoms with Crippen LogP contribution in [0.1, 0.15) is 5.56 Å². The number of nitrogens with zero attached hydrogens (tertiary/aromatic N) is 1. The Morgan fingerprint density at radius 2 is 2.08 bits per heavy atom. The minimum atomic E-state index is 1.09. The lowest BCUT2D eigenvalue weighted by atomic mass is 10.1. The van der Waals surface area contributed by atoms with Crippen LogP contribution in [-0.2, 0) is 0 Å². The number of rotatable bonds is 2. The molecule has 0 bridgehead atoms. The first-order chi connectivity index (χ1) is 5.65. The number of anilines is 1. The monoisotopic (exact) mass is 225 g/mol. The van der Waals surface area contributed by atoms with Crippen molar-refractivity contribution < 1.29 is 0 Å². The van der Waals surface area contributed by atoms with Gasteiger partial charge in [0.05, 0.1) is 0 Å². The van der Waals surface area contributed by atoms with Gasteiger partial charge in [-0.25, -0.2) is 0 Å². The number of hydrogen-bond donors (Lipinski definition) is 0. The van der Waals surface area contributed by atoms with Crippen LogP contribution in [0.5, 0.6) is 0 Å². The summed E-state index contributed by atoms with van der Waals surface area (Å²) in [6.07, 6.45) is 1.86. The molecule has 0 aromatic heterocycles. The molecule has 2 heteroatoms. The molecule has 12 heavy (non-hydrogen) atoms. The lowest BCUT2D eigenvalue weighted by Gasteiger charge is -2.15. The van der Waals surface area contributed by atoms with Crippen molar-refractivity contribution in [1.29, 1.82) is 0 Å². The molecule has 0 N–H and O–H groups in total. The van der Waals surface area contributed by atoms with Crippen LogP contribution in [-0.4, -0.2) is 14.1 Å². The van der Waals surface area contributed by atoms with Crippen molar-refractivity contribution in [3.8, 4) is 0 Å². The molecular formula is C10H12BrN. The van der Waals surface area contributed by atoms with E-state index >= 15 is 0 Å². The molecule has 0 aliphatic rings. The van der Waals surface area contributed by atoms with Crippen LogP contribution in [0.3, 0.4) is 0 Å². The fourth-order valence-electron chi connectivity index (χ4n) is 1.10. The van der Waals surface area contributed by atoms with E-state index in [1.165, 1.54) is 5.69 Å². The molecule has 0 heterocycles. The molecule has 0 saturated carbocycles. The summed E-state index contributed by atoms with van der Waals surface area (Å²) in [5, 5.41) is 0. The molecule has 0 fully saturated rings. The topological polar surface area (TPSA) is 3.24 Å². The summed E-state index contributed by atoms with van der Waals surface area (Å²) in [7, 11) is 4.05. The van der Waals surface area contributed by atoms with Crippen molar-refractivity contribution in [2.45, 2.75) is 0 Å². The third-order valence-corrected chi connectivity index (χ3v) is 2.18. The molecular weight excluding hydrogens is 214 g/mol. The minimum absolute atomic E-state index is 1.09. The molecule has 1 nitrogen and oxygen atoms in total. The summed E-state index contributed by atoms with van der Waals surface area (Å²) in [6.45, 7) is 3.77. The maximum Gasteiger partial charge on any atom is 0.0435 e. The Morgan fingerprint density at radius 3 is 2.58 bits per heavy atom. The Labute approximate surface area is 81.8 Å². The molecule has 0 radical (unpaired) electrons. The fraction of sp³-hybridized carbons (Fsp3) is 0.200. The average molecular weight is 226 g/mol. The zero-order chi connectivity index (χ0) is 9.14. The van der Waals surface area contributed by atoms with Gasteiger partial charge in [0.15, 0.2) is 0 Å². The van der Waals surface area contributed by atoms with Gasteiger partial charge in [0.1, 0.15) is 0 Å². The van der Waals surface area contributed by atoms with Gasteiger partial charge in [0.25, 0.3) is 0 Å². The molecule has 1 aromatic rings. The van der Waals surface area contributed by atoms with Crippen molar-refractivity contribution in [2.75, 3.05) is 19.0 Å². The van der Waals surface area contributed by atoms with E-state index in [2.05, 4.69) is 39.5 Å². The first-order valence-electron chi connectivity index (χ1n) is 3.74. The standard InChI is InChI=1S/C10H12BrN/c1-4-8-7-9(11)5-6-10(8)12(2)3/h4-7H,1H2,2-3H3. The molecule has 1 aromatic carbocycles. The third kappa shape index (κ3) is 1.89. The first kappa shape index (κ1) is 9.33. The van der Waals surface area contributed by atoms with Crippen molar-refractivity contribution >= 4 is 27.7 Å². The Morgan fingerprint density at radius 1 is 1.42 bits per heavy atom. The Balaban J connectivity index is 3.20. The van der Waals surface area contributed by atoms with Crippen LogP contribution >= 0.6 is 15.9 Å². The second kappa shape index (κ2) is 3.76. The molecule has 0 atom stereocenters. The molecule has 0 amide bonds. The highest BCUT2D eigenvalue weighted by atomic mass is 79.9. The molecule has 0 spiro atoms. The number of halogens is 1. The first-order valence-corrected chi connectivity index (χ1v) is 4.53. The zero-order valence-electron chi connectivity index (χ0n) is 7.34. The number of benzene rings is 1. The second-order valence-corrected chi connectivity index (χ2v) is 3.72. The molecule has 64 valence electrons. The van der Waals surface area contributed by atoms with E-state index < -0.39 is 0 Å². The van der Waals surface area contributed by atoms with E-state index in [1.807, 2.05) is 26.2 Å². The van der Waals surface area contributed by atoms with Crippen molar-refractivity contribution in [1.82, 2.24) is 0 Å². The van der Waals surface area contributed by atoms with Crippen LogP contribution in [0.4, 0.5) is 5.69 Å².